The molecule has 0 saturated carbocycles. The van der Waals surface area contributed by atoms with Gasteiger partial charge >= 0.3 is 11.9 Å². The summed E-state index contributed by atoms with van der Waals surface area (Å²) in [6, 6.07) is 0. The van der Waals surface area contributed by atoms with Crippen molar-refractivity contribution in [3.8, 4) is 0 Å². The van der Waals surface area contributed by atoms with Crippen molar-refractivity contribution in [3.63, 3.8) is 0 Å². The van der Waals surface area contributed by atoms with Gasteiger partial charge in [0, 0.05) is 12.8 Å². The number of quaternary nitrogens is 1. The van der Waals surface area contributed by atoms with Crippen molar-refractivity contribution in [2.45, 2.75) is 238 Å². The van der Waals surface area contributed by atoms with Gasteiger partial charge in [-0.1, -0.05) is 250 Å². The van der Waals surface area contributed by atoms with Gasteiger partial charge in [-0.15, -0.1) is 0 Å². The molecule has 0 aromatic heterocycles. The molecule has 0 rings (SSSR count). The number of carbonyl (C=O) groups is 2. The quantitative estimate of drug-likeness (QED) is 0.0195. The number of nitrogens with zero attached hydrogens (tertiary/aromatic N) is 1. The number of phosphoric acid groups is 1. The number of hydrogen-bond acceptors (Lipinski definition) is 8. The third-order valence-electron chi connectivity index (χ3n) is 12.9. The Labute approximate surface area is 491 Å². The van der Waals surface area contributed by atoms with E-state index in [-0.39, 0.29) is 26.1 Å². The Morgan fingerprint density at radius 2 is 0.675 bits per heavy atom. The van der Waals surface area contributed by atoms with E-state index in [9.17, 15) is 19.0 Å². The molecule has 2 atom stereocenters. The second kappa shape index (κ2) is 59.5. The molecule has 10 heteroatoms. The van der Waals surface area contributed by atoms with E-state index in [0.717, 1.165) is 128 Å². The molecule has 0 fully saturated rings. The van der Waals surface area contributed by atoms with Crippen molar-refractivity contribution in [3.05, 3.63) is 146 Å². The molecule has 0 saturated heterocycles. The molecule has 0 amide bonds. The van der Waals surface area contributed by atoms with Gasteiger partial charge in [0.05, 0.1) is 27.7 Å². The lowest BCUT2D eigenvalue weighted by Gasteiger charge is -2.28. The molecule has 0 aromatic rings. The number of hydrogen-bond donors (Lipinski definition) is 0. The summed E-state index contributed by atoms with van der Waals surface area (Å²) >= 11 is 0. The number of ether oxygens (including phenoxy) is 2. The molecule has 0 aliphatic heterocycles. The number of likely N-dealkylation sites (N-methyl/N-ethyl adjacent to an activating group) is 1. The third kappa shape index (κ3) is 63.1. The molecule has 0 spiro atoms. The molecule has 9 nitrogen and oxygen atoms in total. The zero-order chi connectivity index (χ0) is 58.4. The van der Waals surface area contributed by atoms with Crippen molar-refractivity contribution in [1.29, 1.82) is 0 Å². The van der Waals surface area contributed by atoms with Gasteiger partial charge in [-0.25, -0.2) is 0 Å². The summed E-state index contributed by atoms with van der Waals surface area (Å²) in [6.07, 6.45) is 87.5. The predicted octanol–water partition coefficient (Wildman–Crippen LogP) is 19.6. The van der Waals surface area contributed by atoms with Crippen LogP contribution in [0.4, 0.5) is 0 Å². The SMILES string of the molecule is CC/C=C\C/C=C\C/C=C\C/C=C\C/C=C\C/C=C\C/C=C\CCCCCCCCCCCCCC(=O)OC(COC(=O)CCCCCCCCC/C=C\C/C=C\C/C=C\C/C=C\C/C=C\CC)COP(=O)([O-])OCC[N+](C)(C)C. The van der Waals surface area contributed by atoms with Crippen LogP contribution in [0.2, 0.25) is 0 Å². The highest BCUT2D eigenvalue weighted by Crippen LogP contribution is 2.38. The summed E-state index contributed by atoms with van der Waals surface area (Å²) in [5, 5.41) is 0. The zero-order valence-electron chi connectivity index (χ0n) is 51.5. The molecule has 0 aromatic carbocycles. The first-order chi connectivity index (χ1) is 39.0. The minimum absolute atomic E-state index is 0.0411. The molecule has 454 valence electrons. The Morgan fingerprint density at radius 1 is 0.388 bits per heavy atom. The molecule has 0 radical (unpaired) electrons. The van der Waals surface area contributed by atoms with E-state index in [2.05, 4.69) is 160 Å². The number of unbranched alkanes of at least 4 members (excludes halogenated alkanes) is 18. The fourth-order valence-electron chi connectivity index (χ4n) is 8.07. The summed E-state index contributed by atoms with van der Waals surface area (Å²) < 4.78 is 34.2. The highest BCUT2D eigenvalue weighted by molar-refractivity contribution is 7.45. The van der Waals surface area contributed by atoms with E-state index in [4.69, 9.17) is 18.5 Å². The van der Waals surface area contributed by atoms with Gasteiger partial charge in [-0.3, -0.25) is 14.2 Å². The fourth-order valence-corrected chi connectivity index (χ4v) is 8.80. The Balaban J connectivity index is 4.18. The van der Waals surface area contributed by atoms with Crippen LogP contribution in [0.5, 0.6) is 0 Å². The average molecular weight is 1130 g/mol. The van der Waals surface area contributed by atoms with Crippen LogP contribution >= 0.6 is 7.82 Å². The van der Waals surface area contributed by atoms with Gasteiger partial charge in [0.1, 0.15) is 19.8 Å². The third-order valence-corrected chi connectivity index (χ3v) is 13.8. The lowest BCUT2D eigenvalue weighted by Crippen LogP contribution is -2.37. The summed E-state index contributed by atoms with van der Waals surface area (Å²) in [4.78, 5) is 38.0. The fraction of sp³-hybridized carbons (Fsp3) is 0.629. The van der Waals surface area contributed by atoms with Crippen molar-refractivity contribution >= 4 is 19.8 Å². The summed E-state index contributed by atoms with van der Waals surface area (Å²) in [6.45, 7) is 3.98. The Bertz CT molecular complexity index is 1860. The average Bonchev–Trinajstić information content (AvgIpc) is 3.42. The van der Waals surface area contributed by atoms with Crippen LogP contribution in [0.3, 0.4) is 0 Å². The number of esters is 2. The standard InChI is InChI=1S/C70H116NO8P/c1-6-8-10-12-14-16-18-20-22-24-26-28-30-31-32-33-34-35-36-37-38-39-41-43-45-47-49-51-53-55-57-59-61-63-70(73)79-68(67-78-80(74,75)77-65-64-71(3,4)5)66-76-69(72)62-60-58-56-54-52-50-48-46-44-42-40-29-27-25-23-21-19-17-15-13-11-9-7-2/h8-11,14-17,20-23,26-29,31-32,34-35,37-38,42,44,68H,6-7,12-13,18-19,24-25,30,33,36,39-41,43,45-67H2,1-5H3/b10-8-,11-9-,16-14-,17-15-,22-20-,23-21-,28-26-,29-27-,32-31-,35-34-,38-37-,44-42-. The first-order valence-corrected chi connectivity index (χ1v) is 33.0. The number of rotatable bonds is 56. The zero-order valence-corrected chi connectivity index (χ0v) is 52.4. The van der Waals surface area contributed by atoms with Crippen LogP contribution < -0.4 is 4.89 Å². The summed E-state index contributed by atoms with van der Waals surface area (Å²) in [5.74, 6) is -0.858. The van der Waals surface area contributed by atoms with E-state index in [0.29, 0.717) is 23.9 Å². The summed E-state index contributed by atoms with van der Waals surface area (Å²) in [5.41, 5.74) is 0. The van der Waals surface area contributed by atoms with Gasteiger partial charge in [0.25, 0.3) is 7.82 Å². The normalized spacial score (nSPS) is 14.2. The second-order valence-electron chi connectivity index (χ2n) is 21.7. The molecular formula is C70H116NO8P. The first kappa shape index (κ1) is 75.9. The van der Waals surface area contributed by atoms with Gasteiger partial charge in [-0.2, -0.15) is 0 Å². The molecule has 0 bridgehead atoms. The van der Waals surface area contributed by atoms with Crippen molar-refractivity contribution in [2.24, 2.45) is 0 Å². The van der Waals surface area contributed by atoms with Crippen LogP contribution in [-0.4, -0.2) is 70.0 Å². The highest BCUT2D eigenvalue weighted by Gasteiger charge is 2.22. The van der Waals surface area contributed by atoms with Gasteiger partial charge in [0.15, 0.2) is 6.10 Å². The van der Waals surface area contributed by atoms with Crippen LogP contribution in [0, 0.1) is 0 Å². The minimum atomic E-state index is -4.65. The number of phosphoric ester groups is 1. The second-order valence-corrected chi connectivity index (χ2v) is 23.1. The number of carbonyl (C=O) groups excluding carboxylic acids is 2. The summed E-state index contributed by atoms with van der Waals surface area (Å²) in [7, 11) is 1.14. The molecule has 0 heterocycles. The molecule has 2 unspecified atom stereocenters. The van der Waals surface area contributed by atoms with E-state index < -0.39 is 32.5 Å². The van der Waals surface area contributed by atoms with Gasteiger partial charge < -0.3 is 27.9 Å². The van der Waals surface area contributed by atoms with Crippen LogP contribution in [-0.2, 0) is 32.7 Å². The van der Waals surface area contributed by atoms with Crippen LogP contribution in [0.15, 0.2) is 146 Å². The smallest absolute Gasteiger partial charge is 0.306 e. The maximum absolute atomic E-state index is 12.8. The van der Waals surface area contributed by atoms with Crippen molar-refractivity contribution in [1.82, 2.24) is 0 Å². The topological polar surface area (TPSA) is 111 Å². The van der Waals surface area contributed by atoms with Crippen LogP contribution in [0.25, 0.3) is 0 Å². The van der Waals surface area contributed by atoms with E-state index in [1.165, 1.54) is 64.2 Å². The van der Waals surface area contributed by atoms with Crippen LogP contribution in [0.1, 0.15) is 232 Å². The lowest BCUT2D eigenvalue weighted by atomic mass is 10.0. The molecule has 0 aliphatic carbocycles. The molecule has 80 heavy (non-hydrogen) atoms. The molecule has 0 N–H and O–H groups in total. The monoisotopic (exact) mass is 1130 g/mol. The van der Waals surface area contributed by atoms with Gasteiger partial charge in [-0.05, 0) is 116 Å². The Hall–Kier alpha value is -4.11. The molecule has 0 aliphatic rings. The Kier molecular flexibility index (Phi) is 56.5. The van der Waals surface area contributed by atoms with E-state index in [1.807, 2.05) is 21.1 Å². The number of allylic oxidation sites excluding steroid dienone is 24. The van der Waals surface area contributed by atoms with E-state index >= 15 is 0 Å². The largest absolute Gasteiger partial charge is 0.756 e. The minimum Gasteiger partial charge on any atom is -0.756 e. The van der Waals surface area contributed by atoms with Crippen molar-refractivity contribution in [2.75, 3.05) is 47.5 Å². The maximum atomic E-state index is 12.8. The molecular weight excluding hydrogens is 1010 g/mol. The van der Waals surface area contributed by atoms with Crippen molar-refractivity contribution < 1.29 is 42.1 Å². The first-order valence-electron chi connectivity index (χ1n) is 31.5. The Morgan fingerprint density at radius 3 is 1.00 bits per heavy atom. The van der Waals surface area contributed by atoms with E-state index in [1.54, 1.807) is 0 Å². The maximum Gasteiger partial charge on any atom is 0.306 e. The lowest BCUT2D eigenvalue weighted by molar-refractivity contribution is -0.870. The highest BCUT2D eigenvalue weighted by atomic mass is 31.2. The van der Waals surface area contributed by atoms with Gasteiger partial charge in [0.2, 0.25) is 0 Å². The predicted molar refractivity (Wildman–Crippen MR) is 341 cm³/mol.